The highest BCUT2D eigenvalue weighted by atomic mass is 16.5. The monoisotopic (exact) mass is 412 g/mol. The molecule has 1 aromatic carbocycles. The van der Waals surface area contributed by atoms with Gasteiger partial charge in [-0.15, -0.1) is 0 Å². The van der Waals surface area contributed by atoms with Crippen molar-refractivity contribution in [2.75, 3.05) is 46.5 Å². The fraction of sp³-hybridized carbons (Fsp3) is 0.364. The van der Waals surface area contributed by atoms with Gasteiger partial charge >= 0.3 is 0 Å². The van der Waals surface area contributed by atoms with Gasteiger partial charge in [0.1, 0.15) is 5.75 Å². The lowest BCUT2D eigenvalue weighted by Gasteiger charge is -2.31. The molecule has 0 aliphatic carbocycles. The number of rotatable bonds is 7. The minimum Gasteiger partial charge on any atom is -0.503 e. The van der Waals surface area contributed by atoms with Crippen LogP contribution in [0.3, 0.4) is 0 Å². The predicted molar refractivity (Wildman–Crippen MR) is 107 cm³/mol. The number of hydrogen-bond acceptors (Lipinski definition) is 7. The Balaban J connectivity index is 1.66. The number of methoxy groups -OCH3 is 1. The maximum absolute atomic E-state index is 13.1. The number of benzene rings is 1. The van der Waals surface area contributed by atoms with E-state index in [1.54, 1.807) is 42.3 Å². The smallest absolute Gasteiger partial charge is 0.290 e. The molecular formula is C22H24N2O6. The summed E-state index contributed by atoms with van der Waals surface area (Å²) in [7, 11) is 1.57. The van der Waals surface area contributed by atoms with E-state index in [9.17, 15) is 14.7 Å². The molecule has 2 aliphatic heterocycles. The van der Waals surface area contributed by atoms with Gasteiger partial charge < -0.3 is 23.9 Å². The van der Waals surface area contributed by atoms with Crippen molar-refractivity contribution >= 4 is 11.7 Å². The van der Waals surface area contributed by atoms with Crippen LogP contribution < -0.4 is 4.74 Å². The largest absolute Gasteiger partial charge is 0.503 e. The van der Waals surface area contributed by atoms with Crippen molar-refractivity contribution in [2.24, 2.45) is 0 Å². The molecule has 8 heteroatoms. The van der Waals surface area contributed by atoms with E-state index in [1.807, 2.05) is 0 Å². The lowest BCUT2D eigenvalue weighted by Crippen LogP contribution is -2.43. The number of carbonyl (C=O) groups excluding carboxylic acids is 2. The Morgan fingerprint density at radius 3 is 2.53 bits per heavy atom. The third-order valence-corrected chi connectivity index (χ3v) is 5.49. The lowest BCUT2D eigenvalue weighted by molar-refractivity contribution is -0.129. The first-order valence-corrected chi connectivity index (χ1v) is 9.86. The maximum atomic E-state index is 13.1. The number of aliphatic hydroxyl groups is 1. The first-order valence-electron chi connectivity index (χ1n) is 9.86. The second-order valence-electron chi connectivity index (χ2n) is 7.20. The first-order chi connectivity index (χ1) is 14.6. The van der Waals surface area contributed by atoms with Crippen LogP contribution in [0.4, 0.5) is 0 Å². The Labute approximate surface area is 174 Å². The molecule has 1 aromatic heterocycles. The molecule has 158 valence electrons. The van der Waals surface area contributed by atoms with Crippen molar-refractivity contribution in [3.05, 3.63) is 65.3 Å². The number of ether oxygens (including phenoxy) is 2. The number of furan rings is 1. The lowest BCUT2D eigenvalue weighted by atomic mass is 9.95. The normalized spacial score (nSPS) is 20.1. The molecule has 2 aromatic rings. The number of carbonyl (C=O) groups is 2. The van der Waals surface area contributed by atoms with Crippen LogP contribution in [-0.2, 0) is 9.53 Å². The van der Waals surface area contributed by atoms with E-state index in [1.165, 1.54) is 12.3 Å². The summed E-state index contributed by atoms with van der Waals surface area (Å²) in [5, 5.41) is 10.6. The number of aliphatic hydroxyl groups excluding tert-OH is 1. The second-order valence-corrected chi connectivity index (χ2v) is 7.20. The molecule has 8 nitrogen and oxygen atoms in total. The predicted octanol–water partition coefficient (Wildman–Crippen LogP) is 2.20. The third kappa shape index (κ3) is 3.83. The number of hydrogen-bond donors (Lipinski definition) is 1. The van der Waals surface area contributed by atoms with Crippen LogP contribution in [0.2, 0.25) is 0 Å². The maximum Gasteiger partial charge on any atom is 0.290 e. The van der Waals surface area contributed by atoms with Crippen LogP contribution in [0.5, 0.6) is 5.75 Å². The summed E-state index contributed by atoms with van der Waals surface area (Å²) in [6.45, 7) is 3.87. The van der Waals surface area contributed by atoms with Gasteiger partial charge in [-0.2, -0.15) is 0 Å². The minimum absolute atomic E-state index is 0.0297. The molecule has 1 fully saturated rings. The number of nitrogens with zero attached hydrogens (tertiary/aromatic N) is 2. The Bertz CT molecular complexity index is 929. The fourth-order valence-corrected chi connectivity index (χ4v) is 3.86. The molecule has 4 rings (SSSR count). The number of morpholine rings is 1. The standard InChI is InChI=1S/C22H24N2O6/c1-28-16-6-4-15(5-7-16)19-18(20(25)17-3-2-12-30-17)21(26)22(27)24(19)9-8-23-10-13-29-14-11-23/h2-7,12,19,26H,8-11,13-14H2,1H3/t19-/m0/s1. The third-order valence-electron chi connectivity index (χ3n) is 5.49. The van der Waals surface area contributed by atoms with Crippen LogP contribution >= 0.6 is 0 Å². The fourth-order valence-electron chi connectivity index (χ4n) is 3.86. The van der Waals surface area contributed by atoms with Gasteiger partial charge in [0, 0.05) is 26.2 Å². The molecule has 2 aliphatic rings. The Morgan fingerprint density at radius 1 is 1.17 bits per heavy atom. The highest BCUT2D eigenvalue weighted by Gasteiger charge is 2.44. The number of ketones is 1. The quantitative estimate of drug-likeness (QED) is 0.697. The molecule has 1 N–H and O–H groups in total. The van der Waals surface area contributed by atoms with E-state index >= 15 is 0 Å². The molecular weight excluding hydrogens is 388 g/mol. The molecule has 1 amide bonds. The van der Waals surface area contributed by atoms with Gasteiger partial charge in [0.25, 0.3) is 5.91 Å². The van der Waals surface area contributed by atoms with Crippen LogP contribution in [0, 0.1) is 0 Å². The zero-order valence-electron chi connectivity index (χ0n) is 16.7. The Morgan fingerprint density at radius 2 is 1.90 bits per heavy atom. The summed E-state index contributed by atoms with van der Waals surface area (Å²) in [5.41, 5.74) is 0.743. The molecule has 0 bridgehead atoms. The van der Waals surface area contributed by atoms with Crippen molar-refractivity contribution in [1.29, 1.82) is 0 Å². The molecule has 30 heavy (non-hydrogen) atoms. The zero-order chi connectivity index (χ0) is 21.1. The van der Waals surface area contributed by atoms with Crippen molar-refractivity contribution in [3.8, 4) is 5.75 Å². The summed E-state index contributed by atoms with van der Waals surface area (Å²) in [6, 6.07) is 9.55. The van der Waals surface area contributed by atoms with Gasteiger partial charge in [0.05, 0.1) is 38.2 Å². The van der Waals surface area contributed by atoms with Gasteiger partial charge in [-0.25, -0.2) is 0 Å². The van der Waals surface area contributed by atoms with Gasteiger partial charge in [0.2, 0.25) is 5.78 Å². The van der Waals surface area contributed by atoms with E-state index in [2.05, 4.69) is 4.90 Å². The van der Waals surface area contributed by atoms with Crippen LogP contribution in [0.1, 0.15) is 22.2 Å². The summed E-state index contributed by atoms with van der Waals surface area (Å²) in [4.78, 5) is 29.8. The highest BCUT2D eigenvalue weighted by Crippen LogP contribution is 2.39. The summed E-state index contributed by atoms with van der Waals surface area (Å²) in [5.74, 6) is -0.841. The molecule has 3 heterocycles. The Kier molecular flexibility index (Phi) is 5.87. The molecule has 1 saturated heterocycles. The van der Waals surface area contributed by atoms with Crippen molar-refractivity contribution in [1.82, 2.24) is 9.80 Å². The van der Waals surface area contributed by atoms with E-state index < -0.39 is 23.5 Å². The SMILES string of the molecule is COc1ccc([C@H]2C(C(=O)c3ccco3)=C(O)C(=O)N2CCN2CCOCC2)cc1. The van der Waals surface area contributed by atoms with Crippen molar-refractivity contribution in [2.45, 2.75) is 6.04 Å². The van der Waals surface area contributed by atoms with Gasteiger partial charge in [-0.1, -0.05) is 12.1 Å². The minimum atomic E-state index is -0.706. The molecule has 1 atom stereocenters. The summed E-state index contributed by atoms with van der Waals surface area (Å²) >= 11 is 0. The Hall–Kier alpha value is -3.10. The first kappa shape index (κ1) is 20.2. The van der Waals surface area contributed by atoms with E-state index in [0.29, 0.717) is 37.6 Å². The van der Waals surface area contributed by atoms with Crippen LogP contribution in [0.15, 0.2) is 58.4 Å². The van der Waals surface area contributed by atoms with Gasteiger partial charge in [0.15, 0.2) is 11.5 Å². The average molecular weight is 412 g/mol. The zero-order valence-corrected chi connectivity index (χ0v) is 16.7. The van der Waals surface area contributed by atoms with Gasteiger partial charge in [-0.05, 0) is 29.8 Å². The molecule has 0 radical (unpaired) electrons. The topological polar surface area (TPSA) is 92.5 Å². The highest BCUT2D eigenvalue weighted by molar-refractivity contribution is 6.15. The summed E-state index contributed by atoms with van der Waals surface area (Å²) in [6.07, 6.45) is 1.39. The number of amides is 1. The molecule has 0 spiro atoms. The molecule has 0 unspecified atom stereocenters. The van der Waals surface area contributed by atoms with E-state index in [4.69, 9.17) is 13.9 Å². The van der Waals surface area contributed by atoms with Crippen LogP contribution in [-0.4, -0.2) is 73.1 Å². The van der Waals surface area contributed by atoms with Crippen LogP contribution in [0.25, 0.3) is 0 Å². The van der Waals surface area contributed by atoms with Crippen molar-refractivity contribution in [3.63, 3.8) is 0 Å². The summed E-state index contributed by atoms with van der Waals surface area (Å²) < 4.78 is 15.8. The second kappa shape index (κ2) is 8.73. The van der Waals surface area contributed by atoms with E-state index in [-0.39, 0.29) is 11.3 Å². The molecule has 0 saturated carbocycles. The van der Waals surface area contributed by atoms with Crippen molar-refractivity contribution < 1.29 is 28.6 Å². The average Bonchev–Trinajstić information content (AvgIpc) is 3.41. The van der Waals surface area contributed by atoms with E-state index in [0.717, 1.165) is 13.1 Å². The van der Waals surface area contributed by atoms with Gasteiger partial charge in [-0.3, -0.25) is 14.5 Å². The number of Topliss-reactive ketones (excluding diaryl/α,β-unsaturated/α-hetero) is 1.